The standard InChI is InChI=1S/C18H14N6O/c25-18(14-4-1-6-16(10-14)23-12-19-20-13-23)22-15-5-2-7-17(11-15)24-9-3-8-21-24/h1-13H,(H,22,25). The molecule has 0 saturated heterocycles. The average molecular weight is 330 g/mol. The quantitative estimate of drug-likeness (QED) is 0.624. The van der Waals surface area contributed by atoms with Gasteiger partial charge in [0.25, 0.3) is 5.91 Å². The van der Waals surface area contributed by atoms with E-state index in [1.54, 1.807) is 40.2 Å². The van der Waals surface area contributed by atoms with Crippen molar-refractivity contribution < 1.29 is 4.79 Å². The molecule has 0 spiro atoms. The fourth-order valence-corrected chi connectivity index (χ4v) is 2.49. The Morgan fingerprint density at radius 3 is 2.52 bits per heavy atom. The molecule has 0 bridgehead atoms. The molecule has 1 N–H and O–H groups in total. The molecule has 4 aromatic rings. The molecule has 0 saturated carbocycles. The zero-order valence-electron chi connectivity index (χ0n) is 13.1. The van der Waals surface area contributed by atoms with Crippen molar-refractivity contribution in [2.75, 3.05) is 5.32 Å². The number of nitrogens with zero attached hydrogens (tertiary/aromatic N) is 5. The summed E-state index contributed by atoms with van der Waals surface area (Å²) in [6, 6.07) is 16.6. The Morgan fingerprint density at radius 2 is 1.72 bits per heavy atom. The maximum atomic E-state index is 12.6. The number of carbonyl (C=O) groups is 1. The van der Waals surface area contributed by atoms with Gasteiger partial charge in [-0.2, -0.15) is 5.10 Å². The lowest BCUT2D eigenvalue weighted by Gasteiger charge is -2.09. The summed E-state index contributed by atoms with van der Waals surface area (Å²) in [5.41, 5.74) is 2.95. The minimum Gasteiger partial charge on any atom is -0.322 e. The van der Waals surface area contributed by atoms with Crippen LogP contribution in [0.1, 0.15) is 10.4 Å². The van der Waals surface area contributed by atoms with Crippen molar-refractivity contribution in [3.05, 3.63) is 85.2 Å². The van der Waals surface area contributed by atoms with Gasteiger partial charge in [-0.3, -0.25) is 9.36 Å². The molecule has 2 aromatic carbocycles. The van der Waals surface area contributed by atoms with Crippen LogP contribution in [-0.4, -0.2) is 30.5 Å². The Kier molecular flexibility index (Phi) is 3.80. The molecule has 7 nitrogen and oxygen atoms in total. The molecule has 4 rings (SSSR count). The smallest absolute Gasteiger partial charge is 0.255 e. The first-order valence-corrected chi connectivity index (χ1v) is 7.66. The van der Waals surface area contributed by atoms with Crippen LogP contribution in [0, 0.1) is 0 Å². The first-order valence-electron chi connectivity index (χ1n) is 7.66. The van der Waals surface area contributed by atoms with Crippen LogP contribution in [0.4, 0.5) is 5.69 Å². The molecule has 2 heterocycles. The second-order valence-electron chi connectivity index (χ2n) is 5.37. The van der Waals surface area contributed by atoms with E-state index in [1.165, 1.54) is 0 Å². The van der Waals surface area contributed by atoms with E-state index in [1.807, 2.05) is 48.7 Å². The molecule has 1 amide bonds. The van der Waals surface area contributed by atoms with Crippen LogP contribution < -0.4 is 5.32 Å². The van der Waals surface area contributed by atoms with Gasteiger partial charge in [-0.25, -0.2) is 4.68 Å². The number of anilines is 1. The van der Waals surface area contributed by atoms with Crippen LogP contribution >= 0.6 is 0 Å². The van der Waals surface area contributed by atoms with E-state index in [-0.39, 0.29) is 5.91 Å². The van der Waals surface area contributed by atoms with Crippen molar-refractivity contribution in [1.29, 1.82) is 0 Å². The van der Waals surface area contributed by atoms with Gasteiger partial charge in [-0.15, -0.1) is 10.2 Å². The summed E-state index contributed by atoms with van der Waals surface area (Å²) in [5, 5.41) is 14.7. The van der Waals surface area contributed by atoms with Gasteiger partial charge in [-0.1, -0.05) is 12.1 Å². The summed E-state index contributed by atoms with van der Waals surface area (Å²) in [6.07, 6.45) is 6.74. The number of rotatable bonds is 4. The summed E-state index contributed by atoms with van der Waals surface area (Å²) in [7, 11) is 0. The van der Waals surface area contributed by atoms with Crippen molar-refractivity contribution in [2.45, 2.75) is 0 Å². The highest BCUT2D eigenvalue weighted by molar-refractivity contribution is 6.04. The Balaban J connectivity index is 1.57. The topological polar surface area (TPSA) is 77.6 Å². The van der Waals surface area contributed by atoms with Crippen molar-refractivity contribution in [1.82, 2.24) is 24.5 Å². The molecule has 25 heavy (non-hydrogen) atoms. The first-order chi connectivity index (χ1) is 12.3. The van der Waals surface area contributed by atoms with Crippen molar-refractivity contribution in [2.24, 2.45) is 0 Å². The predicted octanol–water partition coefficient (Wildman–Crippen LogP) is 2.71. The summed E-state index contributed by atoms with van der Waals surface area (Å²) in [5.74, 6) is -0.187. The third kappa shape index (κ3) is 3.16. The number of benzene rings is 2. The number of hydrogen-bond acceptors (Lipinski definition) is 4. The van der Waals surface area contributed by atoms with Crippen LogP contribution in [0.3, 0.4) is 0 Å². The maximum Gasteiger partial charge on any atom is 0.255 e. The molecule has 0 atom stereocenters. The van der Waals surface area contributed by atoms with Gasteiger partial charge in [0.1, 0.15) is 12.7 Å². The normalized spacial score (nSPS) is 10.6. The highest BCUT2D eigenvalue weighted by Gasteiger charge is 2.08. The largest absolute Gasteiger partial charge is 0.322 e. The van der Waals surface area contributed by atoms with Crippen molar-refractivity contribution in [3.63, 3.8) is 0 Å². The Labute approximate surface area is 143 Å². The van der Waals surface area contributed by atoms with Gasteiger partial charge in [0, 0.05) is 29.3 Å². The van der Waals surface area contributed by atoms with Crippen molar-refractivity contribution in [3.8, 4) is 11.4 Å². The zero-order chi connectivity index (χ0) is 17.1. The molecule has 122 valence electrons. The monoisotopic (exact) mass is 330 g/mol. The first kappa shape index (κ1) is 14.8. The fourth-order valence-electron chi connectivity index (χ4n) is 2.49. The maximum absolute atomic E-state index is 12.6. The number of amides is 1. The van der Waals surface area contributed by atoms with Crippen LogP contribution in [0.2, 0.25) is 0 Å². The summed E-state index contributed by atoms with van der Waals surface area (Å²) in [6.45, 7) is 0. The lowest BCUT2D eigenvalue weighted by atomic mass is 10.1. The zero-order valence-corrected chi connectivity index (χ0v) is 13.1. The fraction of sp³-hybridized carbons (Fsp3) is 0. The van der Waals surface area contributed by atoms with Gasteiger partial charge in [-0.05, 0) is 42.5 Å². The summed E-state index contributed by atoms with van der Waals surface area (Å²) >= 11 is 0. The van der Waals surface area contributed by atoms with E-state index in [2.05, 4.69) is 20.6 Å². The molecule has 0 aliphatic heterocycles. The van der Waals surface area contributed by atoms with Gasteiger partial charge < -0.3 is 5.32 Å². The van der Waals surface area contributed by atoms with Gasteiger partial charge in [0.2, 0.25) is 0 Å². The minimum absolute atomic E-state index is 0.187. The molecule has 0 unspecified atom stereocenters. The van der Waals surface area contributed by atoms with Crippen molar-refractivity contribution >= 4 is 11.6 Å². The van der Waals surface area contributed by atoms with E-state index < -0.39 is 0 Å². The van der Waals surface area contributed by atoms with E-state index in [9.17, 15) is 4.79 Å². The molecular weight excluding hydrogens is 316 g/mol. The second kappa shape index (κ2) is 6.40. The van der Waals surface area contributed by atoms with Gasteiger partial charge >= 0.3 is 0 Å². The highest BCUT2D eigenvalue weighted by Crippen LogP contribution is 2.16. The summed E-state index contributed by atoms with van der Waals surface area (Å²) in [4.78, 5) is 12.6. The van der Waals surface area contributed by atoms with E-state index in [4.69, 9.17) is 0 Å². The molecule has 2 aromatic heterocycles. The minimum atomic E-state index is -0.187. The van der Waals surface area contributed by atoms with Crippen LogP contribution in [0.25, 0.3) is 11.4 Å². The van der Waals surface area contributed by atoms with E-state index in [0.29, 0.717) is 11.3 Å². The van der Waals surface area contributed by atoms with Gasteiger partial charge in [0.05, 0.1) is 5.69 Å². The molecule has 0 fully saturated rings. The van der Waals surface area contributed by atoms with Crippen LogP contribution in [0.15, 0.2) is 79.6 Å². The third-order valence-corrected chi connectivity index (χ3v) is 3.70. The van der Waals surface area contributed by atoms with E-state index in [0.717, 1.165) is 11.4 Å². The molecule has 0 aliphatic rings. The number of aromatic nitrogens is 5. The third-order valence-electron chi connectivity index (χ3n) is 3.70. The number of carbonyl (C=O) groups excluding carboxylic acids is 1. The Morgan fingerprint density at radius 1 is 0.920 bits per heavy atom. The second-order valence-corrected chi connectivity index (χ2v) is 5.37. The van der Waals surface area contributed by atoms with Gasteiger partial charge in [0.15, 0.2) is 0 Å². The Bertz CT molecular complexity index is 992. The van der Waals surface area contributed by atoms with Crippen LogP contribution in [-0.2, 0) is 0 Å². The van der Waals surface area contributed by atoms with E-state index >= 15 is 0 Å². The number of nitrogens with one attached hydrogen (secondary N) is 1. The van der Waals surface area contributed by atoms with Crippen LogP contribution in [0.5, 0.6) is 0 Å². The Hall–Kier alpha value is -3.74. The SMILES string of the molecule is O=C(Nc1cccc(-n2cccn2)c1)c1cccc(-n2cnnc2)c1. The molecule has 0 radical (unpaired) electrons. The molecular formula is C18H14N6O. The lowest BCUT2D eigenvalue weighted by molar-refractivity contribution is 0.102. The predicted molar refractivity (Wildman–Crippen MR) is 92.9 cm³/mol. The average Bonchev–Trinajstić information content (AvgIpc) is 3.36. The molecule has 0 aliphatic carbocycles. The molecule has 7 heteroatoms. The number of hydrogen-bond donors (Lipinski definition) is 1. The lowest BCUT2D eigenvalue weighted by Crippen LogP contribution is -2.12. The highest BCUT2D eigenvalue weighted by atomic mass is 16.1. The summed E-state index contributed by atoms with van der Waals surface area (Å²) < 4.78 is 3.48.